The molecule has 3 nitrogen and oxygen atoms in total. The summed E-state index contributed by atoms with van der Waals surface area (Å²) in [5.41, 5.74) is 0.618. The number of benzene rings is 1. The van der Waals surface area contributed by atoms with Crippen LogP contribution in [0.1, 0.15) is 32.1 Å². The molecule has 102 valence electrons. The lowest BCUT2D eigenvalue weighted by molar-refractivity contribution is 0.255. The molecule has 0 aliphatic heterocycles. The fourth-order valence-corrected chi connectivity index (χ4v) is 2.49. The molecule has 0 saturated heterocycles. The standard InChI is InChI=1S/C15H19ClN2O/c16-13-8-4-5-9-14(13)18-15(19)17-11-10-12-6-2-1-3-7-12/h4-5,8-12H,1-3,6-7H2,(H2,17,18,19)/b11-10+. The van der Waals surface area contributed by atoms with Gasteiger partial charge in [0, 0.05) is 6.20 Å². The van der Waals surface area contributed by atoms with Gasteiger partial charge in [-0.25, -0.2) is 4.79 Å². The van der Waals surface area contributed by atoms with Crippen molar-refractivity contribution in [1.82, 2.24) is 5.32 Å². The summed E-state index contributed by atoms with van der Waals surface area (Å²) in [6, 6.07) is 6.91. The summed E-state index contributed by atoms with van der Waals surface area (Å²) in [6.45, 7) is 0. The van der Waals surface area contributed by atoms with Crippen molar-refractivity contribution in [3.63, 3.8) is 0 Å². The van der Waals surface area contributed by atoms with Crippen molar-refractivity contribution >= 4 is 23.3 Å². The molecule has 1 saturated carbocycles. The summed E-state index contributed by atoms with van der Waals surface area (Å²) in [4.78, 5) is 11.7. The van der Waals surface area contributed by atoms with Crippen LogP contribution < -0.4 is 10.6 Å². The van der Waals surface area contributed by atoms with Gasteiger partial charge in [-0.1, -0.05) is 49.1 Å². The van der Waals surface area contributed by atoms with Gasteiger partial charge in [-0.3, -0.25) is 0 Å². The molecule has 1 aliphatic carbocycles. The summed E-state index contributed by atoms with van der Waals surface area (Å²) < 4.78 is 0. The van der Waals surface area contributed by atoms with Crippen LogP contribution in [-0.2, 0) is 0 Å². The number of hydrogen-bond acceptors (Lipinski definition) is 1. The van der Waals surface area contributed by atoms with Crippen LogP contribution in [0.4, 0.5) is 10.5 Å². The van der Waals surface area contributed by atoms with Crippen LogP contribution in [-0.4, -0.2) is 6.03 Å². The first kappa shape index (κ1) is 13.9. The maximum absolute atomic E-state index is 11.7. The molecule has 0 spiro atoms. The van der Waals surface area contributed by atoms with Crippen LogP contribution >= 0.6 is 11.6 Å². The molecule has 2 rings (SSSR count). The zero-order chi connectivity index (χ0) is 13.5. The predicted molar refractivity (Wildman–Crippen MR) is 79.3 cm³/mol. The van der Waals surface area contributed by atoms with Gasteiger partial charge in [-0.05, 0) is 30.9 Å². The Morgan fingerprint density at radius 3 is 2.68 bits per heavy atom. The minimum atomic E-state index is -0.264. The molecular formula is C15H19ClN2O. The molecule has 0 atom stereocenters. The zero-order valence-electron chi connectivity index (χ0n) is 10.9. The Labute approximate surface area is 119 Å². The number of rotatable bonds is 3. The number of nitrogens with one attached hydrogen (secondary N) is 2. The van der Waals surface area contributed by atoms with E-state index in [0.717, 1.165) is 0 Å². The zero-order valence-corrected chi connectivity index (χ0v) is 11.6. The Balaban J connectivity index is 1.78. The van der Waals surface area contributed by atoms with Crippen molar-refractivity contribution in [1.29, 1.82) is 0 Å². The Kier molecular flexibility index (Phi) is 5.28. The molecule has 1 fully saturated rings. The molecule has 1 aromatic rings. The van der Waals surface area contributed by atoms with Gasteiger partial charge in [0.1, 0.15) is 0 Å². The van der Waals surface area contributed by atoms with E-state index in [4.69, 9.17) is 11.6 Å². The monoisotopic (exact) mass is 278 g/mol. The number of carbonyl (C=O) groups excluding carboxylic acids is 1. The Morgan fingerprint density at radius 1 is 1.21 bits per heavy atom. The number of allylic oxidation sites excluding steroid dienone is 1. The molecule has 0 heterocycles. The third kappa shape index (κ3) is 4.60. The Hall–Kier alpha value is -1.48. The van der Waals surface area contributed by atoms with Crippen LogP contribution in [0.3, 0.4) is 0 Å². The largest absolute Gasteiger partial charge is 0.323 e. The van der Waals surface area contributed by atoms with Crippen LogP contribution in [0.25, 0.3) is 0 Å². The number of amides is 2. The summed E-state index contributed by atoms with van der Waals surface area (Å²) in [5, 5.41) is 5.97. The number of halogens is 1. The van der Waals surface area contributed by atoms with Gasteiger partial charge in [0.2, 0.25) is 0 Å². The van der Waals surface area contributed by atoms with Gasteiger partial charge in [-0.15, -0.1) is 0 Å². The SMILES string of the molecule is O=C(N/C=C/C1CCCCC1)Nc1ccccc1Cl. The lowest BCUT2D eigenvalue weighted by Gasteiger charge is -2.17. The fraction of sp³-hybridized carbons (Fsp3) is 0.400. The van der Waals surface area contributed by atoms with Gasteiger partial charge < -0.3 is 10.6 Å². The number of anilines is 1. The Morgan fingerprint density at radius 2 is 1.95 bits per heavy atom. The lowest BCUT2D eigenvalue weighted by Crippen LogP contribution is -2.24. The molecule has 1 aromatic carbocycles. The number of carbonyl (C=O) groups is 1. The Bertz CT molecular complexity index is 453. The third-order valence-electron chi connectivity index (χ3n) is 3.35. The highest BCUT2D eigenvalue weighted by atomic mass is 35.5. The van der Waals surface area contributed by atoms with E-state index in [-0.39, 0.29) is 6.03 Å². The van der Waals surface area contributed by atoms with E-state index in [1.165, 1.54) is 32.1 Å². The van der Waals surface area contributed by atoms with Gasteiger partial charge in [0.05, 0.1) is 10.7 Å². The van der Waals surface area contributed by atoms with Crippen molar-refractivity contribution in [2.45, 2.75) is 32.1 Å². The van der Waals surface area contributed by atoms with E-state index >= 15 is 0 Å². The van der Waals surface area contributed by atoms with Crippen LogP contribution in [0.15, 0.2) is 36.5 Å². The first-order valence-electron chi connectivity index (χ1n) is 6.74. The van der Waals surface area contributed by atoms with E-state index in [1.54, 1.807) is 18.3 Å². The molecule has 0 unspecified atom stereocenters. The van der Waals surface area contributed by atoms with Crippen molar-refractivity contribution in [3.05, 3.63) is 41.6 Å². The molecule has 2 N–H and O–H groups in total. The summed E-state index contributed by atoms with van der Waals surface area (Å²) in [6.07, 6.45) is 10.2. The maximum Gasteiger partial charge on any atom is 0.323 e. The molecule has 1 aliphatic rings. The quantitative estimate of drug-likeness (QED) is 0.836. The van der Waals surface area contributed by atoms with Gasteiger partial charge in [0.15, 0.2) is 0 Å². The molecule has 0 radical (unpaired) electrons. The second-order valence-corrected chi connectivity index (χ2v) is 5.24. The van der Waals surface area contributed by atoms with E-state index in [2.05, 4.69) is 16.7 Å². The smallest absolute Gasteiger partial charge is 0.315 e. The fourth-order valence-electron chi connectivity index (χ4n) is 2.31. The van der Waals surface area contributed by atoms with Crippen molar-refractivity contribution in [2.24, 2.45) is 5.92 Å². The van der Waals surface area contributed by atoms with Crippen molar-refractivity contribution in [2.75, 3.05) is 5.32 Å². The van der Waals surface area contributed by atoms with Gasteiger partial charge in [-0.2, -0.15) is 0 Å². The topological polar surface area (TPSA) is 41.1 Å². The second-order valence-electron chi connectivity index (χ2n) is 4.84. The normalized spacial score (nSPS) is 16.5. The highest BCUT2D eigenvalue weighted by Crippen LogP contribution is 2.24. The number of hydrogen-bond donors (Lipinski definition) is 2. The first-order chi connectivity index (χ1) is 9.25. The molecular weight excluding hydrogens is 260 g/mol. The first-order valence-corrected chi connectivity index (χ1v) is 7.12. The maximum atomic E-state index is 11.7. The third-order valence-corrected chi connectivity index (χ3v) is 3.68. The van der Waals surface area contributed by atoms with Crippen LogP contribution in [0.2, 0.25) is 5.02 Å². The lowest BCUT2D eigenvalue weighted by atomic mass is 9.89. The highest BCUT2D eigenvalue weighted by molar-refractivity contribution is 6.33. The molecule has 19 heavy (non-hydrogen) atoms. The molecule has 0 aromatic heterocycles. The highest BCUT2D eigenvalue weighted by Gasteiger charge is 2.09. The van der Waals surface area contributed by atoms with E-state index in [9.17, 15) is 4.79 Å². The summed E-state index contributed by atoms with van der Waals surface area (Å²) in [7, 11) is 0. The second kappa shape index (κ2) is 7.19. The van der Waals surface area contributed by atoms with E-state index in [0.29, 0.717) is 16.6 Å². The van der Waals surface area contributed by atoms with Crippen LogP contribution in [0.5, 0.6) is 0 Å². The molecule has 0 bridgehead atoms. The number of para-hydroxylation sites is 1. The van der Waals surface area contributed by atoms with E-state index < -0.39 is 0 Å². The molecule has 4 heteroatoms. The van der Waals surface area contributed by atoms with Crippen LogP contribution in [0, 0.1) is 5.92 Å². The minimum Gasteiger partial charge on any atom is -0.315 e. The summed E-state index contributed by atoms with van der Waals surface area (Å²) in [5.74, 6) is 0.606. The summed E-state index contributed by atoms with van der Waals surface area (Å²) >= 11 is 5.96. The van der Waals surface area contributed by atoms with Crippen molar-refractivity contribution < 1.29 is 4.79 Å². The van der Waals surface area contributed by atoms with E-state index in [1.807, 2.05) is 12.1 Å². The van der Waals surface area contributed by atoms with Gasteiger partial charge in [0.25, 0.3) is 0 Å². The minimum absolute atomic E-state index is 0.264. The number of urea groups is 1. The molecule has 2 amide bonds. The predicted octanol–water partition coefficient (Wildman–Crippen LogP) is 4.56. The average Bonchev–Trinajstić information content (AvgIpc) is 2.43. The van der Waals surface area contributed by atoms with Crippen molar-refractivity contribution in [3.8, 4) is 0 Å². The average molecular weight is 279 g/mol. The van der Waals surface area contributed by atoms with Gasteiger partial charge >= 0.3 is 6.03 Å².